The quantitative estimate of drug-likeness (QED) is 0.865. The number of β-lactam (4-membered cyclic amide) rings is 1. The topological polar surface area (TPSA) is 59.0 Å². The monoisotopic (exact) mass is 317 g/mol. The lowest BCUT2D eigenvalue weighted by molar-refractivity contribution is -0.218. The van der Waals surface area contributed by atoms with E-state index in [2.05, 4.69) is 0 Å². The number of hydrogen-bond acceptors (Lipinski definition) is 4. The Bertz CT molecular complexity index is 673. The summed E-state index contributed by atoms with van der Waals surface area (Å²) >= 11 is 0. The van der Waals surface area contributed by atoms with E-state index >= 15 is 0 Å². The van der Waals surface area contributed by atoms with Crippen molar-refractivity contribution in [3.05, 3.63) is 23.3 Å². The Morgan fingerprint density at radius 2 is 1.87 bits per heavy atom. The number of fused-ring (bicyclic) bond motifs is 1. The molecule has 2 heterocycles. The van der Waals surface area contributed by atoms with Crippen LogP contribution in [-0.4, -0.2) is 43.3 Å². The zero-order valence-corrected chi connectivity index (χ0v) is 13.7. The molecule has 1 N–H and O–H groups in total. The second kappa shape index (κ2) is 4.87. The van der Waals surface area contributed by atoms with Gasteiger partial charge in [0.2, 0.25) is 5.91 Å². The fourth-order valence-electron chi connectivity index (χ4n) is 5.16. The first-order valence-electron chi connectivity index (χ1n) is 8.33. The Labute approximate surface area is 136 Å². The first-order valence-corrected chi connectivity index (χ1v) is 8.33. The van der Waals surface area contributed by atoms with Crippen molar-refractivity contribution in [2.24, 2.45) is 5.41 Å². The SMILES string of the molecule is COc1cc2c(cc1OC)[C@]13CCCC[C@@]1(CO)C(=O)N3CC2. The molecule has 23 heavy (non-hydrogen) atoms. The molecule has 1 spiro atoms. The number of nitrogens with zero attached hydrogens (tertiary/aromatic N) is 1. The van der Waals surface area contributed by atoms with Gasteiger partial charge in [0.1, 0.15) is 0 Å². The molecule has 3 aliphatic rings. The van der Waals surface area contributed by atoms with Crippen molar-refractivity contribution in [3.63, 3.8) is 0 Å². The number of aliphatic hydroxyl groups is 1. The highest BCUT2D eigenvalue weighted by Gasteiger charge is 2.72. The number of hydrogen-bond donors (Lipinski definition) is 1. The standard InChI is InChI=1S/C18H23NO4/c1-22-14-9-12-5-8-19-16(21)17(11-20)6-3-4-7-18(17,19)13(12)10-15(14)23-2/h9-10,20H,3-8,11H2,1-2H3/t17-,18-/m1/s1. The fourth-order valence-corrected chi connectivity index (χ4v) is 5.16. The predicted octanol–water partition coefficient (Wildman–Crippen LogP) is 1.85. The van der Waals surface area contributed by atoms with Crippen LogP contribution in [0, 0.1) is 5.41 Å². The van der Waals surface area contributed by atoms with E-state index in [0.29, 0.717) is 5.75 Å². The molecule has 2 atom stereocenters. The van der Waals surface area contributed by atoms with Gasteiger partial charge in [0, 0.05) is 6.54 Å². The number of carbonyl (C=O) groups excluding carboxylic acids is 1. The lowest BCUT2D eigenvalue weighted by atomic mass is 9.49. The zero-order chi connectivity index (χ0) is 16.2. The summed E-state index contributed by atoms with van der Waals surface area (Å²) in [5, 5.41) is 10.1. The third kappa shape index (κ3) is 1.54. The summed E-state index contributed by atoms with van der Waals surface area (Å²) in [6.45, 7) is 0.652. The van der Waals surface area contributed by atoms with Crippen LogP contribution in [0.3, 0.4) is 0 Å². The van der Waals surface area contributed by atoms with E-state index in [0.717, 1.165) is 50.0 Å². The van der Waals surface area contributed by atoms with E-state index in [1.165, 1.54) is 5.56 Å². The number of ether oxygens (including phenoxy) is 2. The summed E-state index contributed by atoms with van der Waals surface area (Å²) in [6, 6.07) is 4.07. The molecule has 4 rings (SSSR count). The van der Waals surface area contributed by atoms with Crippen molar-refractivity contribution >= 4 is 5.91 Å². The number of amides is 1. The Balaban J connectivity index is 1.93. The molecule has 0 radical (unpaired) electrons. The molecule has 1 saturated heterocycles. The number of benzene rings is 1. The third-order valence-electron chi connectivity index (χ3n) is 6.23. The molecule has 0 aromatic heterocycles. The molecule has 5 nitrogen and oxygen atoms in total. The van der Waals surface area contributed by atoms with Gasteiger partial charge in [-0.15, -0.1) is 0 Å². The van der Waals surface area contributed by atoms with E-state index in [1.807, 2.05) is 17.0 Å². The highest BCUT2D eigenvalue weighted by molar-refractivity contribution is 5.94. The van der Waals surface area contributed by atoms with E-state index < -0.39 is 5.41 Å². The third-order valence-corrected chi connectivity index (χ3v) is 6.23. The van der Waals surface area contributed by atoms with Crippen LogP contribution in [-0.2, 0) is 16.8 Å². The van der Waals surface area contributed by atoms with Crippen LogP contribution >= 0.6 is 0 Å². The van der Waals surface area contributed by atoms with Crippen LogP contribution in [0.1, 0.15) is 36.8 Å². The van der Waals surface area contributed by atoms with Crippen molar-refractivity contribution in [1.29, 1.82) is 0 Å². The van der Waals surface area contributed by atoms with Crippen LogP contribution in [0.5, 0.6) is 11.5 Å². The van der Waals surface area contributed by atoms with E-state index in [1.54, 1.807) is 14.2 Å². The molecule has 0 bridgehead atoms. The Morgan fingerprint density at radius 3 is 2.57 bits per heavy atom. The molecular formula is C18H23NO4. The fraction of sp³-hybridized carbons (Fsp3) is 0.611. The predicted molar refractivity (Wildman–Crippen MR) is 84.6 cm³/mol. The molecule has 1 aromatic rings. The van der Waals surface area contributed by atoms with Gasteiger partial charge in [-0.05, 0) is 42.5 Å². The van der Waals surface area contributed by atoms with Crippen molar-refractivity contribution in [2.45, 2.75) is 37.6 Å². The van der Waals surface area contributed by atoms with Crippen molar-refractivity contribution in [2.75, 3.05) is 27.4 Å². The number of aliphatic hydroxyl groups excluding tert-OH is 1. The second-order valence-electron chi connectivity index (χ2n) is 6.88. The van der Waals surface area contributed by atoms with Crippen molar-refractivity contribution in [1.82, 2.24) is 4.90 Å². The van der Waals surface area contributed by atoms with Gasteiger partial charge in [0.05, 0.1) is 31.8 Å². The second-order valence-corrected chi connectivity index (χ2v) is 6.88. The highest BCUT2D eigenvalue weighted by Crippen LogP contribution is 2.65. The Hall–Kier alpha value is -1.75. The first-order chi connectivity index (χ1) is 11.1. The molecule has 1 saturated carbocycles. The molecule has 5 heteroatoms. The molecule has 0 unspecified atom stereocenters. The normalized spacial score (nSPS) is 31.6. The van der Waals surface area contributed by atoms with Gasteiger partial charge in [-0.3, -0.25) is 4.79 Å². The van der Waals surface area contributed by atoms with E-state index in [-0.39, 0.29) is 18.1 Å². The maximum absolute atomic E-state index is 12.8. The summed E-state index contributed by atoms with van der Waals surface area (Å²) in [7, 11) is 3.28. The van der Waals surface area contributed by atoms with Crippen molar-refractivity contribution in [3.8, 4) is 11.5 Å². The van der Waals surface area contributed by atoms with Crippen LogP contribution in [0.4, 0.5) is 0 Å². The van der Waals surface area contributed by atoms with Gasteiger partial charge in [-0.25, -0.2) is 0 Å². The van der Waals surface area contributed by atoms with E-state index in [4.69, 9.17) is 9.47 Å². The molecule has 2 fully saturated rings. The smallest absolute Gasteiger partial charge is 0.234 e. The lowest BCUT2D eigenvalue weighted by Gasteiger charge is -2.69. The molecular weight excluding hydrogens is 294 g/mol. The van der Waals surface area contributed by atoms with Gasteiger partial charge in [0.25, 0.3) is 0 Å². The zero-order valence-electron chi connectivity index (χ0n) is 13.7. The van der Waals surface area contributed by atoms with Gasteiger partial charge < -0.3 is 19.5 Å². The largest absolute Gasteiger partial charge is 0.493 e. The Kier molecular flexibility index (Phi) is 3.14. The Morgan fingerprint density at radius 1 is 1.17 bits per heavy atom. The van der Waals surface area contributed by atoms with Crippen molar-refractivity contribution < 1.29 is 19.4 Å². The van der Waals surface area contributed by atoms with Crippen LogP contribution in [0.2, 0.25) is 0 Å². The lowest BCUT2D eigenvalue weighted by Crippen LogP contribution is -2.79. The number of rotatable bonds is 3. The summed E-state index contributed by atoms with van der Waals surface area (Å²) in [4.78, 5) is 14.8. The molecule has 1 aromatic carbocycles. The summed E-state index contributed by atoms with van der Waals surface area (Å²) < 4.78 is 10.9. The number of carbonyl (C=O) groups is 1. The average Bonchev–Trinajstić information content (AvgIpc) is 2.60. The summed E-state index contributed by atoms with van der Waals surface area (Å²) in [5.41, 5.74) is 1.37. The van der Waals surface area contributed by atoms with Gasteiger partial charge in [0.15, 0.2) is 11.5 Å². The molecule has 1 aliphatic carbocycles. The van der Waals surface area contributed by atoms with Crippen LogP contribution in [0.25, 0.3) is 0 Å². The minimum Gasteiger partial charge on any atom is -0.493 e. The first kappa shape index (κ1) is 14.8. The molecule has 2 aliphatic heterocycles. The molecule has 1 amide bonds. The number of methoxy groups -OCH3 is 2. The maximum atomic E-state index is 12.8. The van der Waals surface area contributed by atoms with Gasteiger partial charge >= 0.3 is 0 Å². The maximum Gasteiger partial charge on any atom is 0.234 e. The van der Waals surface area contributed by atoms with Crippen LogP contribution in [0.15, 0.2) is 12.1 Å². The van der Waals surface area contributed by atoms with Gasteiger partial charge in [-0.1, -0.05) is 12.8 Å². The highest BCUT2D eigenvalue weighted by atomic mass is 16.5. The van der Waals surface area contributed by atoms with Crippen LogP contribution < -0.4 is 9.47 Å². The minimum atomic E-state index is -0.639. The van der Waals surface area contributed by atoms with Gasteiger partial charge in [-0.2, -0.15) is 0 Å². The minimum absolute atomic E-state index is 0.0733. The molecule has 124 valence electrons. The summed E-state index contributed by atoms with van der Waals surface area (Å²) in [6.07, 6.45) is 4.60. The average molecular weight is 317 g/mol. The summed E-state index contributed by atoms with van der Waals surface area (Å²) in [5.74, 6) is 1.55. The van der Waals surface area contributed by atoms with E-state index in [9.17, 15) is 9.90 Å².